The predicted octanol–water partition coefficient (Wildman–Crippen LogP) is 2.01. The number of benzene rings is 1. The number of halogens is 1. The van der Waals surface area contributed by atoms with Crippen molar-refractivity contribution in [3.63, 3.8) is 0 Å². The summed E-state index contributed by atoms with van der Waals surface area (Å²) in [7, 11) is -1.45. The van der Waals surface area contributed by atoms with Crippen molar-refractivity contribution in [1.82, 2.24) is 4.90 Å². The quantitative estimate of drug-likeness (QED) is 0.766. The Bertz CT molecular complexity index is 739. The standard InChI is InChI=1S/C19H28N2O4S.ClH/c1-25-17-7-5-14(6-8-17)12-21(16-9-10-26(23,24)13-16)19(22)18-4-2-3-15(18)11-20;/h5-8,15-16,18H,2-4,9-13,20H2,1H3;1H/t15-,16?,18-;/m1./s1. The minimum absolute atomic E-state index is 0. The lowest BCUT2D eigenvalue weighted by Gasteiger charge is -2.32. The van der Waals surface area contributed by atoms with Crippen molar-refractivity contribution in [3.05, 3.63) is 29.8 Å². The third-order valence-corrected chi connectivity index (χ3v) is 7.47. The van der Waals surface area contributed by atoms with E-state index in [2.05, 4.69) is 0 Å². The molecule has 3 atom stereocenters. The third-order valence-electron chi connectivity index (χ3n) is 5.72. The summed E-state index contributed by atoms with van der Waals surface area (Å²) in [4.78, 5) is 15.1. The molecular weight excluding hydrogens is 388 g/mol. The van der Waals surface area contributed by atoms with Gasteiger partial charge >= 0.3 is 0 Å². The molecule has 1 aliphatic heterocycles. The van der Waals surface area contributed by atoms with E-state index in [4.69, 9.17) is 10.5 Å². The molecule has 1 aromatic carbocycles. The number of carbonyl (C=O) groups is 1. The number of nitrogens with zero attached hydrogens (tertiary/aromatic N) is 1. The molecule has 1 aromatic rings. The molecule has 1 heterocycles. The first-order chi connectivity index (χ1) is 12.4. The summed E-state index contributed by atoms with van der Waals surface area (Å²) < 4.78 is 29.1. The van der Waals surface area contributed by atoms with Crippen molar-refractivity contribution < 1.29 is 17.9 Å². The molecule has 152 valence electrons. The fourth-order valence-corrected chi connectivity index (χ4v) is 5.92. The van der Waals surface area contributed by atoms with Crippen LogP contribution in [-0.4, -0.2) is 50.4 Å². The molecule has 1 unspecified atom stereocenters. The average molecular weight is 417 g/mol. The molecule has 1 amide bonds. The topological polar surface area (TPSA) is 89.7 Å². The van der Waals surface area contributed by atoms with Crippen molar-refractivity contribution >= 4 is 28.2 Å². The largest absolute Gasteiger partial charge is 0.497 e. The Morgan fingerprint density at radius 2 is 1.93 bits per heavy atom. The lowest BCUT2D eigenvalue weighted by atomic mass is 9.93. The van der Waals surface area contributed by atoms with Gasteiger partial charge in [-0.05, 0) is 49.4 Å². The molecule has 2 aliphatic rings. The van der Waals surface area contributed by atoms with E-state index < -0.39 is 9.84 Å². The molecule has 6 nitrogen and oxygen atoms in total. The van der Waals surface area contributed by atoms with Crippen molar-refractivity contribution in [3.8, 4) is 5.75 Å². The smallest absolute Gasteiger partial charge is 0.226 e. The number of methoxy groups -OCH3 is 1. The second-order valence-electron chi connectivity index (χ2n) is 7.40. The van der Waals surface area contributed by atoms with Gasteiger partial charge in [0, 0.05) is 18.5 Å². The van der Waals surface area contributed by atoms with E-state index in [9.17, 15) is 13.2 Å². The Balaban J connectivity index is 0.00000261. The highest BCUT2D eigenvalue weighted by molar-refractivity contribution is 7.91. The summed E-state index contributed by atoms with van der Waals surface area (Å²) in [5.41, 5.74) is 6.84. The fourth-order valence-electron chi connectivity index (χ4n) is 4.19. The summed E-state index contributed by atoms with van der Waals surface area (Å²) in [5.74, 6) is 1.18. The first kappa shape index (κ1) is 22.0. The van der Waals surface area contributed by atoms with Crippen LogP contribution in [0.1, 0.15) is 31.2 Å². The summed E-state index contributed by atoms with van der Waals surface area (Å²) in [5, 5.41) is 0. The number of rotatable bonds is 6. The lowest BCUT2D eigenvalue weighted by Crippen LogP contribution is -2.45. The van der Waals surface area contributed by atoms with Gasteiger partial charge in [-0.25, -0.2) is 8.42 Å². The van der Waals surface area contributed by atoms with E-state index in [0.717, 1.165) is 30.6 Å². The van der Waals surface area contributed by atoms with Crippen LogP contribution < -0.4 is 10.5 Å². The zero-order chi connectivity index (χ0) is 18.7. The monoisotopic (exact) mass is 416 g/mol. The van der Waals surface area contributed by atoms with E-state index in [1.807, 2.05) is 24.3 Å². The van der Waals surface area contributed by atoms with Gasteiger partial charge in [-0.1, -0.05) is 18.6 Å². The molecule has 1 aliphatic carbocycles. The van der Waals surface area contributed by atoms with Crippen LogP contribution in [0, 0.1) is 11.8 Å². The second-order valence-corrected chi connectivity index (χ2v) is 9.63. The highest BCUT2D eigenvalue weighted by Gasteiger charge is 2.40. The SMILES string of the molecule is COc1ccc(CN(C(=O)[C@@H]2CCC[C@@H]2CN)C2CCS(=O)(=O)C2)cc1.Cl. The van der Waals surface area contributed by atoms with Crippen LogP contribution in [0.5, 0.6) is 5.75 Å². The highest BCUT2D eigenvalue weighted by Crippen LogP contribution is 2.34. The van der Waals surface area contributed by atoms with Crippen LogP contribution in [0.3, 0.4) is 0 Å². The average Bonchev–Trinajstić information content (AvgIpc) is 3.25. The number of hydrogen-bond donors (Lipinski definition) is 1. The zero-order valence-corrected chi connectivity index (χ0v) is 17.3. The van der Waals surface area contributed by atoms with Gasteiger partial charge in [0.05, 0.1) is 18.6 Å². The summed E-state index contributed by atoms with van der Waals surface area (Å²) in [6, 6.07) is 7.34. The van der Waals surface area contributed by atoms with E-state index in [0.29, 0.717) is 19.5 Å². The van der Waals surface area contributed by atoms with Crippen LogP contribution in [0.15, 0.2) is 24.3 Å². The molecule has 0 radical (unpaired) electrons. The van der Waals surface area contributed by atoms with E-state index in [1.165, 1.54) is 0 Å². The van der Waals surface area contributed by atoms with Crippen LogP contribution in [0.4, 0.5) is 0 Å². The molecule has 0 spiro atoms. The number of nitrogens with two attached hydrogens (primary N) is 1. The Kier molecular flexibility index (Phi) is 7.54. The summed E-state index contributed by atoms with van der Waals surface area (Å²) in [6.07, 6.45) is 3.35. The molecule has 3 rings (SSSR count). The first-order valence-electron chi connectivity index (χ1n) is 9.27. The molecular formula is C19H29ClN2O4S. The Labute approximate surface area is 167 Å². The van der Waals surface area contributed by atoms with Gasteiger partial charge in [0.25, 0.3) is 0 Å². The fraction of sp³-hybridized carbons (Fsp3) is 0.632. The molecule has 1 saturated carbocycles. The third kappa shape index (κ3) is 5.15. The van der Waals surface area contributed by atoms with Crippen molar-refractivity contribution in [2.75, 3.05) is 25.2 Å². The first-order valence-corrected chi connectivity index (χ1v) is 11.1. The Hall–Kier alpha value is -1.31. The Morgan fingerprint density at radius 1 is 1.22 bits per heavy atom. The van der Waals surface area contributed by atoms with Crippen LogP contribution >= 0.6 is 12.4 Å². The van der Waals surface area contributed by atoms with E-state index in [1.54, 1.807) is 12.0 Å². The van der Waals surface area contributed by atoms with Gasteiger partial charge in [-0.3, -0.25) is 4.79 Å². The van der Waals surface area contributed by atoms with Crippen LogP contribution in [-0.2, 0) is 21.2 Å². The maximum absolute atomic E-state index is 13.3. The highest BCUT2D eigenvalue weighted by atomic mass is 35.5. The number of amides is 1. The maximum Gasteiger partial charge on any atom is 0.226 e. The number of carbonyl (C=O) groups excluding carboxylic acids is 1. The van der Waals surface area contributed by atoms with Crippen molar-refractivity contribution in [2.45, 2.75) is 38.3 Å². The minimum atomic E-state index is -3.06. The minimum Gasteiger partial charge on any atom is -0.497 e. The molecule has 8 heteroatoms. The van der Waals surface area contributed by atoms with Crippen LogP contribution in [0.2, 0.25) is 0 Å². The van der Waals surface area contributed by atoms with Gasteiger partial charge in [0.15, 0.2) is 9.84 Å². The number of ether oxygens (including phenoxy) is 1. The van der Waals surface area contributed by atoms with E-state index >= 15 is 0 Å². The molecule has 1 saturated heterocycles. The predicted molar refractivity (Wildman–Crippen MR) is 108 cm³/mol. The summed E-state index contributed by atoms with van der Waals surface area (Å²) in [6.45, 7) is 0.937. The normalized spacial score (nSPS) is 26.4. The van der Waals surface area contributed by atoms with Crippen molar-refractivity contribution in [2.24, 2.45) is 17.6 Å². The van der Waals surface area contributed by atoms with Gasteiger partial charge in [0.1, 0.15) is 5.75 Å². The van der Waals surface area contributed by atoms with Gasteiger partial charge in [0.2, 0.25) is 5.91 Å². The Morgan fingerprint density at radius 3 is 2.48 bits per heavy atom. The summed E-state index contributed by atoms with van der Waals surface area (Å²) >= 11 is 0. The van der Waals surface area contributed by atoms with Crippen molar-refractivity contribution in [1.29, 1.82) is 0 Å². The molecule has 27 heavy (non-hydrogen) atoms. The molecule has 0 aromatic heterocycles. The van der Waals surface area contributed by atoms with Gasteiger partial charge in [-0.15, -0.1) is 12.4 Å². The molecule has 2 N–H and O–H groups in total. The zero-order valence-electron chi connectivity index (χ0n) is 15.7. The van der Waals surface area contributed by atoms with Gasteiger partial charge < -0.3 is 15.4 Å². The molecule has 2 fully saturated rings. The maximum atomic E-state index is 13.3. The van der Waals surface area contributed by atoms with Crippen LogP contribution in [0.25, 0.3) is 0 Å². The van der Waals surface area contributed by atoms with E-state index in [-0.39, 0.29) is 47.7 Å². The number of sulfone groups is 1. The van der Waals surface area contributed by atoms with Gasteiger partial charge in [-0.2, -0.15) is 0 Å². The number of hydrogen-bond acceptors (Lipinski definition) is 5. The molecule has 0 bridgehead atoms. The lowest BCUT2D eigenvalue weighted by molar-refractivity contribution is -0.139. The second kappa shape index (κ2) is 9.26.